The summed E-state index contributed by atoms with van der Waals surface area (Å²) in [6.45, 7) is 1.83. The molecule has 0 N–H and O–H groups in total. The number of rotatable bonds is 3. The fourth-order valence-electron chi connectivity index (χ4n) is 1.30. The zero-order chi connectivity index (χ0) is 13.2. The van der Waals surface area contributed by atoms with E-state index < -0.39 is 21.8 Å². The van der Waals surface area contributed by atoms with Crippen LogP contribution >= 0.6 is 0 Å². The van der Waals surface area contributed by atoms with Crippen molar-refractivity contribution in [2.75, 3.05) is 0 Å². The van der Waals surface area contributed by atoms with Gasteiger partial charge in [0.15, 0.2) is 5.75 Å². The Morgan fingerprint density at radius 1 is 1.17 bits per heavy atom. The third-order valence-electron chi connectivity index (χ3n) is 2.23. The molecular weight excluding hydrogens is 257 g/mol. The lowest BCUT2D eigenvalue weighted by Crippen LogP contribution is -2.11. The topological polar surface area (TPSA) is 56.3 Å². The minimum absolute atomic E-state index is 0.0312. The summed E-state index contributed by atoms with van der Waals surface area (Å²) in [5, 5.41) is 0. The van der Waals surface area contributed by atoms with Crippen LogP contribution < -0.4 is 4.18 Å². The van der Waals surface area contributed by atoms with Crippen LogP contribution in [0.4, 0.5) is 4.39 Å². The van der Waals surface area contributed by atoms with Gasteiger partial charge in [0, 0.05) is 6.20 Å². The van der Waals surface area contributed by atoms with E-state index in [2.05, 4.69) is 4.98 Å². The molecule has 0 aliphatic carbocycles. The van der Waals surface area contributed by atoms with E-state index in [1.807, 2.05) is 6.92 Å². The second kappa shape index (κ2) is 4.73. The van der Waals surface area contributed by atoms with Crippen LogP contribution in [0, 0.1) is 12.9 Å². The van der Waals surface area contributed by atoms with Gasteiger partial charge in [-0.1, -0.05) is 17.7 Å². The lowest BCUT2D eigenvalue weighted by atomic mass is 10.2. The highest BCUT2D eigenvalue weighted by molar-refractivity contribution is 7.87. The normalized spacial score (nSPS) is 11.2. The van der Waals surface area contributed by atoms with Crippen molar-refractivity contribution < 1.29 is 17.0 Å². The summed E-state index contributed by atoms with van der Waals surface area (Å²) >= 11 is 0. The minimum Gasteiger partial charge on any atom is -0.374 e. The molecule has 0 saturated heterocycles. The zero-order valence-corrected chi connectivity index (χ0v) is 10.3. The molecule has 1 heterocycles. The van der Waals surface area contributed by atoms with Crippen LogP contribution in [-0.2, 0) is 10.1 Å². The van der Waals surface area contributed by atoms with Crippen LogP contribution in [0.15, 0.2) is 47.5 Å². The fraction of sp³-hybridized carbons (Fsp3) is 0.0833. The van der Waals surface area contributed by atoms with E-state index in [9.17, 15) is 12.8 Å². The van der Waals surface area contributed by atoms with Gasteiger partial charge in [-0.05, 0) is 31.2 Å². The molecule has 0 aliphatic rings. The molecule has 0 radical (unpaired) electrons. The average molecular weight is 267 g/mol. The molecule has 6 heteroatoms. The Hall–Kier alpha value is -1.95. The van der Waals surface area contributed by atoms with Gasteiger partial charge in [-0.2, -0.15) is 12.8 Å². The molecule has 0 spiro atoms. The standard InChI is InChI=1S/C12H10FNO3S/c1-9-4-6-10(7-5-9)18(15,16)17-11-3-2-8-14-12(11)13/h2-8H,1H3. The van der Waals surface area contributed by atoms with Gasteiger partial charge in [0.2, 0.25) is 0 Å². The Morgan fingerprint density at radius 2 is 1.83 bits per heavy atom. The van der Waals surface area contributed by atoms with Gasteiger partial charge in [0.1, 0.15) is 4.90 Å². The second-order valence-electron chi connectivity index (χ2n) is 3.64. The Morgan fingerprint density at radius 3 is 2.44 bits per heavy atom. The smallest absolute Gasteiger partial charge is 0.339 e. The lowest BCUT2D eigenvalue weighted by molar-refractivity contribution is 0.451. The van der Waals surface area contributed by atoms with Crippen molar-refractivity contribution in [2.45, 2.75) is 11.8 Å². The molecule has 0 saturated carbocycles. The molecule has 0 unspecified atom stereocenters. The first-order valence-electron chi connectivity index (χ1n) is 5.11. The molecular formula is C12H10FNO3S. The van der Waals surface area contributed by atoms with Crippen LogP contribution in [0.1, 0.15) is 5.56 Å². The highest BCUT2D eigenvalue weighted by atomic mass is 32.2. The summed E-state index contributed by atoms with van der Waals surface area (Å²) in [6.07, 6.45) is 1.21. The number of aryl methyl sites for hydroxylation is 1. The first kappa shape index (κ1) is 12.5. The highest BCUT2D eigenvalue weighted by Gasteiger charge is 2.18. The van der Waals surface area contributed by atoms with E-state index in [4.69, 9.17) is 4.18 Å². The maximum atomic E-state index is 13.2. The maximum absolute atomic E-state index is 13.2. The van der Waals surface area contributed by atoms with E-state index in [0.29, 0.717) is 0 Å². The molecule has 94 valence electrons. The average Bonchev–Trinajstić information content (AvgIpc) is 2.32. The van der Waals surface area contributed by atoms with Gasteiger partial charge in [-0.15, -0.1) is 0 Å². The van der Waals surface area contributed by atoms with E-state index >= 15 is 0 Å². The second-order valence-corrected chi connectivity index (χ2v) is 5.19. The van der Waals surface area contributed by atoms with Gasteiger partial charge < -0.3 is 4.18 Å². The number of hydrogen-bond acceptors (Lipinski definition) is 4. The van der Waals surface area contributed by atoms with Crippen molar-refractivity contribution in [1.29, 1.82) is 0 Å². The summed E-state index contributed by atoms with van der Waals surface area (Å²) in [4.78, 5) is 3.28. The van der Waals surface area contributed by atoms with Crippen molar-refractivity contribution >= 4 is 10.1 Å². The molecule has 18 heavy (non-hydrogen) atoms. The Bertz CT molecular complexity index is 653. The molecule has 0 aliphatic heterocycles. The summed E-state index contributed by atoms with van der Waals surface area (Å²) in [7, 11) is -4.03. The van der Waals surface area contributed by atoms with Crippen molar-refractivity contribution in [3.05, 3.63) is 54.1 Å². The molecule has 2 rings (SSSR count). The number of nitrogens with zero attached hydrogens (tertiary/aromatic N) is 1. The van der Waals surface area contributed by atoms with Gasteiger partial charge >= 0.3 is 10.1 Å². The molecule has 0 bridgehead atoms. The third-order valence-corrected chi connectivity index (χ3v) is 3.48. The monoisotopic (exact) mass is 267 g/mol. The predicted molar refractivity (Wildman–Crippen MR) is 63.2 cm³/mol. The van der Waals surface area contributed by atoms with Crippen LogP contribution in [0.5, 0.6) is 5.75 Å². The van der Waals surface area contributed by atoms with Gasteiger partial charge in [0.25, 0.3) is 5.95 Å². The Balaban J connectivity index is 2.33. The van der Waals surface area contributed by atoms with Crippen molar-refractivity contribution in [3.8, 4) is 5.75 Å². The van der Waals surface area contributed by atoms with Gasteiger partial charge in [-0.25, -0.2) is 4.98 Å². The minimum atomic E-state index is -4.03. The van der Waals surface area contributed by atoms with E-state index in [1.54, 1.807) is 12.1 Å². The van der Waals surface area contributed by atoms with E-state index in [-0.39, 0.29) is 4.90 Å². The lowest BCUT2D eigenvalue weighted by Gasteiger charge is -2.07. The maximum Gasteiger partial charge on any atom is 0.339 e. The molecule has 0 atom stereocenters. The summed E-state index contributed by atoms with van der Waals surface area (Å²) in [5.41, 5.74) is 0.918. The van der Waals surface area contributed by atoms with Gasteiger partial charge in [-0.3, -0.25) is 0 Å². The van der Waals surface area contributed by atoms with Crippen LogP contribution in [0.2, 0.25) is 0 Å². The molecule has 1 aromatic carbocycles. The third kappa shape index (κ3) is 2.65. The number of hydrogen-bond donors (Lipinski definition) is 0. The van der Waals surface area contributed by atoms with Crippen LogP contribution in [0.3, 0.4) is 0 Å². The van der Waals surface area contributed by atoms with Crippen molar-refractivity contribution in [2.24, 2.45) is 0 Å². The number of benzene rings is 1. The van der Waals surface area contributed by atoms with E-state index in [0.717, 1.165) is 5.56 Å². The SMILES string of the molecule is Cc1ccc(S(=O)(=O)Oc2cccnc2F)cc1. The molecule has 0 fully saturated rings. The fourth-order valence-corrected chi connectivity index (χ4v) is 2.23. The Labute approximate surface area is 104 Å². The first-order chi connectivity index (χ1) is 8.49. The first-order valence-corrected chi connectivity index (χ1v) is 6.51. The molecule has 2 aromatic rings. The predicted octanol–water partition coefficient (Wildman–Crippen LogP) is 2.30. The van der Waals surface area contributed by atoms with Crippen molar-refractivity contribution in [3.63, 3.8) is 0 Å². The number of aromatic nitrogens is 1. The summed E-state index contributed by atoms with van der Waals surface area (Å²) < 4.78 is 41.6. The quantitative estimate of drug-likeness (QED) is 0.632. The van der Waals surface area contributed by atoms with E-state index in [1.165, 1.54) is 30.5 Å². The number of halogens is 1. The van der Waals surface area contributed by atoms with Crippen LogP contribution in [0.25, 0.3) is 0 Å². The summed E-state index contributed by atoms with van der Waals surface area (Å²) in [5.74, 6) is -1.38. The largest absolute Gasteiger partial charge is 0.374 e. The zero-order valence-electron chi connectivity index (χ0n) is 9.50. The molecule has 4 nitrogen and oxygen atoms in total. The Kier molecular flexibility index (Phi) is 3.29. The van der Waals surface area contributed by atoms with Gasteiger partial charge in [0.05, 0.1) is 0 Å². The van der Waals surface area contributed by atoms with Crippen LogP contribution in [-0.4, -0.2) is 13.4 Å². The molecule has 0 amide bonds. The highest BCUT2D eigenvalue weighted by Crippen LogP contribution is 2.20. The number of pyridine rings is 1. The van der Waals surface area contributed by atoms with Crippen molar-refractivity contribution in [1.82, 2.24) is 4.98 Å². The molecule has 1 aromatic heterocycles. The summed E-state index contributed by atoms with van der Waals surface area (Å²) in [6, 6.07) is 8.67.